The van der Waals surface area contributed by atoms with Crippen LogP contribution in [0.2, 0.25) is 0 Å². The van der Waals surface area contributed by atoms with E-state index in [4.69, 9.17) is 4.42 Å². The Hall–Kier alpha value is -3.29. The minimum Gasteiger partial charge on any atom is -0.455 e. The maximum atomic E-state index is 10.8. The molecule has 0 N–H and O–H groups in total. The van der Waals surface area contributed by atoms with Gasteiger partial charge in [-0.1, -0.05) is 0 Å². The fraction of sp³-hybridized carbons (Fsp3) is 0.0714. The number of nitrogens with zero attached hydrogens (tertiary/aromatic N) is 5. The number of aromatic nitrogens is 3. The lowest BCUT2D eigenvalue weighted by atomic mass is 10.1. The molecule has 1 aromatic carbocycles. The van der Waals surface area contributed by atoms with E-state index in [2.05, 4.69) is 15.3 Å². The normalized spacial score (nSPS) is 11.1. The summed E-state index contributed by atoms with van der Waals surface area (Å²) >= 11 is 0. The predicted octanol–water partition coefficient (Wildman–Crippen LogP) is 2.64. The minimum atomic E-state index is -0.420. The third-order valence-corrected chi connectivity index (χ3v) is 3.04. The molecule has 8 heteroatoms. The van der Waals surface area contributed by atoms with Crippen LogP contribution in [0.3, 0.4) is 0 Å². The van der Waals surface area contributed by atoms with Crippen LogP contribution in [-0.2, 0) is 0 Å². The van der Waals surface area contributed by atoms with Gasteiger partial charge in [0, 0.05) is 17.7 Å². The van der Waals surface area contributed by atoms with Crippen molar-refractivity contribution in [1.29, 1.82) is 0 Å². The van der Waals surface area contributed by atoms with E-state index in [-0.39, 0.29) is 5.69 Å². The summed E-state index contributed by atoms with van der Waals surface area (Å²) in [5, 5.41) is 22.1. The number of aryl methyl sites for hydroxylation is 1. The van der Waals surface area contributed by atoms with Crippen LogP contribution in [0.15, 0.2) is 52.5 Å². The third kappa shape index (κ3) is 2.75. The lowest BCUT2D eigenvalue weighted by Crippen LogP contribution is -1.90. The molecule has 0 aliphatic carbocycles. The standard InChI is InChI=1S/C14H11N5O3/c1-10-6-11(19(20)21)2-4-13(10)14-5-3-12(22-14)7-17-18-8-15-16-9-18/h2-9H,1H3/b17-7+. The van der Waals surface area contributed by atoms with Crippen molar-refractivity contribution in [2.75, 3.05) is 0 Å². The van der Waals surface area contributed by atoms with Gasteiger partial charge in [0.1, 0.15) is 24.2 Å². The summed E-state index contributed by atoms with van der Waals surface area (Å²) in [6.45, 7) is 1.80. The number of hydrogen-bond donors (Lipinski definition) is 0. The van der Waals surface area contributed by atoms with E-state index < -0.39 is 4.92 Å². The van der Waals surface area contributed by atoms with Crippen LogP contribution < -0.4 is 0 Å². The summed E-state index contributed by atoms with van der Waals surface area (Å²) in [6, 6.07) is 8.21. The molecule has 3 aromatic rings. The van der Waals surface area contributed by atoms with Gasteiger partial charge in [0.05, 0.1) is 11.1 Å². The average molecular weight is 297 g/mol. The van der Waals surface area contributed by atoms with E-state index in [0.717, 1.165) is 11.1 Å². The van der Waals surface area contributed by atoms with Gasteiger partial charge in [-0.15, -0.1) is 10.2 Å². The number of rotatable bonds is 4. The van der Waals surface area contributed by atoms with E-state index in [1.165, 1.54) is 35.7 Å². The average Bonchev–Trinajstić information content (AvgIpc) is 3.16. The van der Waals surface area contributed by atoms with Gasteiger partial charge >= 0.3 is 0 Å². The maximum Gasteiger partial charge on any atom is 0.269 e. The first-order valence-corrected chi connectivity index (χ1v) is 6.38. The third-order valence-electron chi connectivity index (χ3n) is 3.04. The molecule has 0 spiro atoms. The SMILES string of the molecule is Cc1cc([N+](=O)[O-])ccc1-c1ccc(/C=N/n2cnnc2)o1. The summed E-state index contributed by atoms with van der Waals surface area (Å²) < 4.78 is 7.12. The second-order valence-corrected chi connectivity index (χ2v) is 4.54. The Morgan fingerprint density at radius 2 is 2.05 bits per heavy atom. The molecule has 0 saturated carbocycles. The molecule has 0 radical (unpaired) electrons. The second kappa shape index (κ2) is 5.60. The van der Waals surface area contributed by atoms with Crippen LogP contribution >= 0.6 is 0 Å². The number of nitro benzene ring substituents is 1. The molecule has 0 unspecified atom stereocenters. The summed E-state index contributed by atoms with van der Waals surface area (Å²) in [6.07, 6.45) is 4.45. The molecule has 0 bridgehead atoms. The molecule has 0 amide bonds. The van der Waals surface area contributed by atoms with Crippen LogP contribution in [0.5, 0.6) is 0 Å². The van der Waals surface area contributed by atoms with E-state index >= 15 is 0 Å². The molecule has 22 heavy (non-hydrogen) atoms. The van der Waals surface area contributed by atoms with Crippen molar-refractivity contribution < 1.29 is 9.34 Å². The van der Waals surface area contributed by atoms with Crippen LogP contribution in [-0.4, -0.2) is 26.0 Å². The quantitative estimate of drug-likeness (QED) is 0.418. The largest absolute Gasteiger partial charge is 0.455 e. The van der Waals surface area contributed by atoms with E-state index in [1.54, 1.807) is 25.1 Å². The summed E-state index contributed by atoms with van der Waals surface area (Å²) in [5.41, 5.74) is 1.63. The highest BCUT2D eigenvalue weighted by Crippen LogP contribution is 2.28. The number of nitro groups is 1. The molecule has 0 aliphatic rings. The topological polar surface area (TPSA) is 99.3 Å². The predicted molar refractivity (Wildman–Crippen MR) is 78.5 cm³/mol. The second-order valence-electron chi connectivity index (χ2n) is 4.54. The number of benzene rings is 1. The van der Waals surface area contributed by atoms with Gasteiger partial charge in [0.25, 0.3) is 5.69 Å². The van der Waals surface area contributed by atoms with E-state index in [0.29, 0.717) is 11.5 Å². The molecular weight excluding hydrogens is 286 g/mol. The van der Waals surface area contributed by atoms with Crippen LogP contribution in [0.25, 0.3) is 11.3 Å². The van der Waals surface area contributed by atoms with E-state index in [9.17, 15) is 10.1 Å². The van der Waals surface area contributed by atoms with Gasteiger partial charge in [-0.05, 0) is 30.7 Å². The van der Waals surface area contributed by atoms with Gasteiger partial charge in [0.15, 0.2) is 0 Å². The van der Waals surface area contributed by atoms with Gasteiger partial charge < -0.3 is 4.42 Å². The Morgan fingerprint density at radius 3 is 2.73 bits per heavy atom. The zero-order chi connectivity index (χ0) is 15.5. The van der Waals surface area contributed by atoms with Crippen molar-refractivity contribution in [3.63, 3.8) is 0 Å². The molecule has 0 fully saturated rings. The van der Waals surface area contributed by atoms with Gasteiger partial charge in [-0.3, -0.25) is 10.1 Å². The van der Waals surface area contributed by atoms with Gasteiger partial charge in [0.2, 0.25) is 0 Å². The fourth-order valence-electron chi connectivity index (χ4n) is 1.98. The molecule has 0 aliphatic heterocycles. The van der Waals surface area contributed by atoms with E-state index in [1.807, 2.05) is 0 Å². The zero-order valence-electron chi connectivity index (χ0n) is 11.6. The summed E-state index contributed by atoms with van der Waals surface area (Å²) in [5.74, 6) is 1.18. The monoisotopic (exact) mass is 297 g/mol. The van der Waals surface area contributed by atoms with Crippen molar-refractivity contribution in [3.8, 4) is 11.3 Å². The first kappa shape index (κ1) is 13.7. The zero-order valence-corrected chi connectivity index (χ0v) is 11.6. The summed E-state index contributed by atoms with van der Waals surface area (Å²) in [7, 11) is 0. The maximum absolute atomic E-state index is 10.8. The number of non-ortho nitro benzene ring substituents is 1. The molecule has 2 heterocycles. The smallest absolute Gasteiger partial charge is 0.269 e. The van der Waals surface area contributed by atoms with Crippen LogP contribution in [0, 0.1) is 17.0 Å². The molecular formula is C14H11N5O3. The molecule has 110 valence electrons. The molecule has 2 aromatic heterocycles. The number of furan rings is 1. The van der Waals surface area contributed by atoms with Crippen molar-refractivity contribution in [2.45, 2.75) is 6.92 Å². The lowest BCUT2D eigenvalue weighted by molar-refractivity contribution is -0.384. The highest BCUT2D eigenvalue weighted by atomic mass is 16.6. The highest BCUT2D eigenvalue weighted by molar-refractivity contribution is 5.77. The Bertz CT molecular complexity index is 836. The Balaban J connectivity index is 1.86. The van der Waals surface area contributed by atoms with Crippen LogP contribution in [0.1, 0.15) is 11.3 Å². The van der Waals surface area contributed by atoms with Gasteiger partial charge in [-0.25, -0.2) is 4.68 Å². The number of hydrogen-bond acceptors (Lipinski definition) is 6. The Labute approximate surface area is 124 Å². The lowest BCUT2D eigenvalue weighted by Gasteiger charge is -2.02. The Morgan fingerprint density at radius 1 is 1.27 bits per heavy atom. The highest BCUT2D eigenvalue weighted by Gasteiger charge is 2.11. The minimum absolute atomic E-state index is 0.0576. The molecule has 8 nitrogen and oxygen atoms in total. The van der Waals surface area contributed by atoms with Crippen molar-refractivity contribution in [2.24, 2.45) is 5.10 Å². The van der Waals surface area contributed by atoms with Crippen molar-refractivity contribution in [3.05, 3.63) is 64.4 Å². The van der Waals surface area contributed by atoms with Gasteiger partial charge in [-0.2, -0.15) is 5.10 Å². The fourth-order valence-corrected chi connectivity index (χ4v) is 1.98. The molecule has 0 atom stereocenters. The van der Waals surface area contributed by atoms with Crippen molar-refractivity contribution >= 4 is 11.9 Å². The van der Waals surface area contributed by atoms with Crippen LogP contribution in [0.4, 0.5) is 5.69 Å². The molecule has 3 rings (SSSR count). The molecule has 0 saturated heterocycles. The summed E-state index contributed by atoms with van der Waals surface area (Å²) in [4.78, 5) is 10.3. The Kier molecular flexibility index (Phi) is 3.48. The first-order chi connectivity index (χ1) is 10.6. The first-order valence-electron chi connectivity index (χ1n) is 6.38. The van der Waals surface area contributed by atoms with Crippen molar-refractivity contribution in [1.82, 2.24) is 14.9 Å².